The summed E-state index contributed by atoms with van der Waals surface area (Å²) in [6.07, 6.45) is 0.215. The standard InChI is InChI=1S/C14H17N3O2S/c1-10-6-3-4-7-12(10)16-14(20)17(9-5-8-15)11(2)13(18)19/h3-4,6-7,11H,5,9H2,1-2H3,(H,16,20)(H,18,19). The Balaban J connectivity index is 2.86. The maximum Gasteiger partial charge on any atom is 0.326 e. The lowest BCUT2D eigenvalue weighted by Gasteiger charge is -2.28. The van der Waals surface area contributed by atoms with E-state index in [1.807, 2.05) is 37.3 Å². The van der Waals surface area contributed by atoms with Crippen molar-refractivity contribution >= 4 is 29.0 Å². The summed E-state index contributed by atoms with van der Waals surface area (Å²) in [4.78, 5) is 12.6. The first-order valence-electron chi connectivity index (χ1n) is 6.20. The van der Waals surface area contributed by atoms with Gasteiger partial charge in [0.1, 0.15) is 6.04 Å². The van der Waals surface area contributed by atoms with Crippen LogP contribution in [0.25, 0.3) is 0 Å². The first-order valence-corrected chi connectivity index (χ1v) is 6.61. The van der Waals surface area contributed by atoms with Gasteiger partial charge in [0, 0.05) is 12.2 Å². The Morgan fingerprint density at radius 1 is 1.55 bits per heavy atom. The molecule has 1 aromatic carbocycles. The first-order chi connectivity index (χ1) is 9.47. The Bertz CT molecular complexity index is 539. The van der Waals surface area contributed by atoms with E-state index in [-0.39, 0.29) is 13.0 Å². The number of benzene rings is 1. The second-order valence-electron chi connectivity index (χ2n) is 4.36. The number of para-hydroxylation sites is 1. The first kappa shape index (κ1) is 15.9. The number of nitriles is 1. The second-order valence-corrected chi connectivity index (χ2v) is 4.75. The van der Waals surface area contributed by atoms with Crippen molar-refractivity contribution in [3.63, 3.8) is 0 Å². The van der Waals surface area contributed by atoms with E-state index in [4.69, 9.17) is 22.6 Å². The molecule has 0 fully saturated rings. The van der Waals surface area contributed by atoms with Gasteiger partial charge in [-0.2, -0.15) is 5.26 Å². The van der Waals surface area contributed by atoms with Crippen LogP contribution in [-0.4, -0.2) is 33.7 Å². The molecule has 6 heteroatoms. The van der Waals surface area contributed by atoms with Crippen LogP contribution in [0.4, 0.5) is 5.69 Å². The van der Waals surface area contributed by atoms with Crippen molar-refractivity contribution in [2.24, 2.45) is 0 Å². The zero-order valence-corrected chi connectivity index (χ0v) is 12.3. The molecule has 0 saturated carbocycles. The Morgan fingerprint density at radius 3 is 2.75 bits per heavy atom. The minimum atomic E-state index is -0.975. The fourth-order valence-electron chi connectivity index (χ4n) is 1.67. The van der Waals surface area contributed by atoms with Gasteiger partial charge in [-0.25, -0.2) is 4.79 Å². The van der Waals surface area contributed by atoms with Gasteiger partial charge in [-0.05, 0) is 37.7 Å². The Labute approximate surface area is 123 Å². The lowest BCUT2D eigenvalue weighted by Crippen LogP contribution is -2.45. The van der Waals surface area contributed by atoms with Crippen LogP contribution in [0.2, 0.25) is 0 Å². The third-order valence-electron chi connectivity index (χ3n) is 2.94. The van der Waals surface area contributed by atoms with E-state index < -0.39 is 12.0 Å². The zero-order valence-electron chi connectivity index (χ0n) is 11.5. The SMILES string of the molecule is Cc1ccccc1NC(=S)N(CCC#N)C(C)C(=O)O. The van der Waals surface area contributed by atoms with Gasteiger partial charge >= 0.3 is 5.97 Å². The highest BCUT2D eigenvalue weighted by Gasteiger charge is 2.22. The fourth-order valence-corrected chi connectivity index (χ4v) is 2.03. The summed E-state index contributed by atoms with van der Waals surface area (Å²) in [5.74, 6) is -0.975. The molecule has 1 unspecified atom stereocenters. The molecule has 0 amide bonds. The summed E-state index contributed by atoms with van der Waals surface area (Å²) < 4.78 is 0. The maximum absolute atomic E-state index is 11.1. The van der Waals surface area contributed by atoms with Crippen LogP contribution in [0.5, 0.6) is 0 Å². The molecule has 20 heavy (non-hydrogen) atoms. The van der Waals surface area contributed by atoms with Crippen molar-refractivity contribution in [1.82, 2.24) is 4.90 Å². The minimum absolute atomic E-state index is 0.215. The molecular formula is C14H17N3O2S. The Kier molecular flexibility index (Phi) is 5.94. The average molecular weight is 291 g/mol. The minimum Gasteiger partial charge on any atom is -0.480 e. The van der Waals surface area contributed by atoms with Crippen molar-refractivity contribution in [2.75, 3.05) is 11.9 Å². The van der Waals surface area contributed by atoms with Gasteiger partial charge < -0.3 is 15.3 Å². The molecule has 1 atom stereocenters. The third kappa shape index (κ3) is 4.21. The van der Waals surface area contributed by atoms with E-state index in [1.165, 1.54) is 4.90 Å². The number of aliphatic carboxylic acids is 1. The molecule has 0 spiro atoms. The topological polar surface area (TPSA) is 76.4 Å². The summed E-state index contributed by atoms with van der Waals surface area (Å²) >= 11 is 5.27. The quantitative estimate of drug-likeness (QED) is 0.811. The molecule has 0 radical (unpaired) electrons. The molecule has 1 aromatic rings. The van der Waals surface area contributed by atoms with Crippen molar-refractivity contribution < 1.29 is 9.90 Å². The maximum atomic E-state index is 11.1. The molecule has 0 heterocycles. The second kappa shape index (κ2) is 7.46. The van der Waals surface area contributed by atoms with Gasteiger partial charge in [0.05, 0.1) is 12.5 Å². The van der Waals surface area contributed by atoms with E-state index in [2.05, 4.69) is 5.32 Å². The predicted octanol–water partition coefficient (Wildman–Crippen LogP) is 2.38. The number of anilines is 1. The van der Waals surface area contributed by atoms with Crippen LogP contribution in [0.15, 0.2) is 24.3 Å². The lowest BCUT2D eigenvalue weighted by molar-refractivity contribution is -0.141. The van der Waals surface area contributed by atoms with Gasteiger partial charge in [0.2, 0.25) is 0 Å². The average Bonchev–Trinajstić information content (AvgIpc) is 2.41. The fraction of sp³-hybridized carbons (Fsp3) is 0.357. The van der Waals surface area contributed by atoms with Crippen molar-refractivity contribution in [3.8, 4) is 6.07 Å². The number of carboxylic acids is 1. The van der Waals surface area contributed by atoms with Gasteiger partial charge in [-0.3, -0.25) is 0 Å². The van der Waals surface area contributed by atoms with Crippen LogP contribution in [0, 0.1) is 18.3 Å². The third-order valence-corrected chi connectivity index (χ3v) is 3.27. The molecule has 2 N–H and O–H groups in total. The highest BCUT2D eigenvalue weighted by atomic mass is 32.1. The number of rotatable bonds is 5. The normalized spacial score (nSPS) is 11.2. The number of nitrogens with one attached hydrogen (secondary N) is 1. The van der Waals surface area contributed by atoms with E-state index in [9.17, 15) is 4.79 Å². The number of hydrogen-bond donors (Lipinski definition) is 2. The van der Waals surface area contributed by atoms with Crippen molar-refractivity contribution in [1.29, 1.82) is 5.26 Å². The molecule has 0 aliphatic carbocycles. The highest BCUT2D eigenvalue weighted by Crippen LogP contribution is 2.15. The van der Waals surface area contributed by atoms with E-state index in [0.717, 1.165) is 11.3 Å². The molecule has 0 aromatic heterocycles. The van der Waals surface area contributed by atoms with Crippen LogP contribution in [0.1, 0.15) is 18.9 Å². The number of nitrogens with zero attached hydrogens (tertiary/aromatic N) is 2. The molecular weight excluding hydrogens is 274 g/mol. The van der Waals surface area contributed by atoms with Gasteiger partial charge in [0.15, 0.2) is 5.11 Å². The van der Waals surface area contributed by atoms with Crippen LogP contribution in [0.3, 0.4) is 0 Å². The van der Waals surface area contributed by atoms with Crippen molar-refractivity contribution in [3.05, 3.63) is 29.8 Å². The smallest absolute Gasteiger partial charge is 0.326 e. The summed E-state index contributed by atoms with van der Waals surface area (Å²) in [6, 6.07) is 8.81. The number of carboxylic acid groups (broad SMARTS) is 1. The Morgan fingerprint density at radius 2 is 2.20 bits per heavy atom. The van der Waals surface area contributed by atoms with Gasteiger partial charge in [0.25, 0.3) is 0 Å². The molecule has 0 saturated heterocycles. The van der Waals surface area contributed by atoms with E-state index in [1.54, 1.807) is 6.92 Å². The van der Waals surface area contributed by atoms with Crippen LogP contribution >= 0.6 is 12.2 Å². The predicted molar refractivity (Wildman–Crippen MR) is 81.4 cm³/mol. The van der Waals surface area contributed by atoms with E-state index in [0.29, 0.717) is 5.11 Å². The molecule has 5 nitrogen and oxygen atoms in total. The summed E-state index contributed by atoms with van der Waals surface area (Å²) in [5.41, 5.74) is 1.84. The molecule has 0 aliphatic heterocycles. The summed E-state index contributed by atoms with van der Waals surface area (Å²) in [5, 5.41) is 21.1. The van der Waals surface area contributed by atoms with E-state index >= 15 is 0 Å². The summed E-state index contributed by atoms with van der Waals surface area (Å²) in [6.45, 7) is 3.76. The molecule has 0 bridgehead atoms. The van der Waals surface area contributed by atoms with Gasteiger partial charge in [-0.1, -0.05) is 18.2 Å². The number of carbonyl (C=O) groups is 1. The molecule has 106 valence electrons. The summed E-state index contributed by atoms with van der Waals surface area (Å²) in [7, 11) is 0. The van der Waals surface area contributed by atoms with Crippen molar-refractivity contribution in [2.45, 2.75) is 26.3 Å². The lowest BCUT2D eigenvalue weighted by atomic mass is 10.2. The largest absolute Gasteiger partial charge is 0.480 e. The number of hydrogen-bond acceptors (Lipinski definition) is 3. The number of aryl methyl sites for hydroxylation is 1. The van der Waals surface area contributed by atoms with Crippen LogP contribution in [-0.2, 0) is 4.79 Å². The zero-order chi connectivity index (χ0) is 15.1. The van der Waals surface area contributed by atoms with Gasteiger partial charge in [-0.15, -0.1) is 0 Å². The van der Waals surface area contributed by atoms with Crippen LogP contribution < -0.4 is 5.32 Å². The molecule has 1 rings (SSSR count). The monoisotopic (exact) mass is 291 g/mol. The highest BCUT2D eigenvalue weighted by molar-refractivity contribution is 7.80. The Hall–Kier alpha value is -2.13. The molecule has 0 aliphatic rings. The number of thiocarbonyl (C=S) groups is 1.